The number of hydrogen-bond acceptors (Lipinski definition) is 5. The van der Waals surface area contributed by atoms with Crippen LogP contribution in [0.2, 0.25) is 0 Å². The van der Waals surface area contributed by atoms with E-state index >= 15 is 0 Å². The van der Waals surface area contributed by atoms with Crippen molar-refractivity contribution in [1.29, 1.82) is 0 Å². The van der Waals surface area contributed by atoms with Crippen LogP contribution in [-0.2, 0) is 14.6 Å². The number of fused-ring (bicyclic) bond motifs is 1. The van der Waals surface area contributed by atoms with Crippen LogP contribution in [0, 0.1) is 0 Å². The van der Waals surface area contributed by atoms with E-state index < -0.39 is 9.84 Å². The van der Waals surface area contributed by atoms with Gasteiger partial charge in [0.1, 0.15) is 6.04 Å². The molecule has 2 N–H and O–H groups in total. The number of likely N-dealkylation sites (tertiary alicyclic amines) is 1. The van der Waals surface area contributed by atoms with Gasteiger partial charge in [-0.3, -0.25) is 4.79 Å². The van der Waals surface area contributed by atoms with Crippen LogP contribution in [0.5, 0.6) is 0 Å². The highest BCUT2D eigenvalue weighted by Crippen LogP contribution is 2.28. The second kappa shape index (κ2) is 7.62. The number of carbonyl (C=O) groups is 1. The fourth-order valence-electron chi connectivity index (χ4n) is 3.68. The van der Waals surface area contributed by atoms with Crippen molar-refractivity contribution in [2.45, 2.75) is 23.8 Å². The van der Waals surface area contributed by atoms with E-state index in [1.54, 1.807) is 23.5 Å². The molecule has 1 amide bonds. The van der Waals surface area contributed by atoms with Gasteiger partial charge in [-0.2, -0.15) is 0 Å². The Balaban J connectivity index is 1.46. The minimum atomic E-state index is -3.30. The number of hydrogen-bond donors (Lipinski definition) is 2. The van der Waals surface area contributed by atoms with Gasteiger partial charge in [0.25, 0.3) is 5.91 Å². The Hall–Kier alpha value is -2.29. The smallest absolute Gasteiger partial charge is 0.279 e. The Morgan fingerprint density at radius 3 is 2.86 bits per heavy atom. The summed E-state index contributed by atoms with van der Waals surface area (Å²) < 4.78 is 24.6. The second-order valence-electron chi connectivity index (χ2n) is 7.15. The van der Waals surface area contributed by atoms with Crippen LogP contribution in [0.15, 0.2) is 53.4 Å². The first-order chi connectivity index (χ1) is 13.4. The van der Waals surface area contributed by atoms with Crippen LogP contribution in [0.1, 0.15) is 23.9 Å². The van der Waals surface area contributed by atoms with Gasteiger partial charge in [-0.15, -0.1) is 11.3 Å². The molecule has 1 aliphatic heterocycles. The summed E-state index contributed by atoms with van der Waals surface area (Å²) in [6.07, 6.45) is 3.24. The molecule has 2 heterocycles. The summed E-state index contributed by atoms with van der Waals surface area (Å²) >= 11 is 1.70. The van der Waals surface area contributed by atoms with Crippen molar-refractivity contribution in [3.63, 3.8) is 0 Å². The topological polar surface area (TPSA) is 80.6 Å². The van der Waals surface area contributed by atoms with Gasteiger partial charge in [0, 0.05) is 24.8 Å². The molecular formula is C20H22N3O3S2+. The standard InChI is InChI=1S/C20H21N3O3S2/c1-28(25,26)15-7-4-6-14(12-15)21-19(24)13-23-11-5-9-17(23)20-22-16-8-2-3-10-18(16)27-20/h2-4,6-8,10,12,17H,5,9,11,13H2,1H3,(H,21,24)/p+1/t17-/m1/s1. The number of carbonyl (C=O) groups excluding carboxylic acids is 1. The van der Waals surface area contributed by atoms with Gasteiger partial charge in [-0.1, -0.05) is 18.2 Å². The first kappa shape index (κ1) is 19.0. The Bertz CT molecular complexity index is 1090. The van der Waals surface area contributed by atoms with Gasteiger partial charge in [-0.05, 0) is 30.3 Å². The number of thiazole rings is 1. The lowest BCUT2D eigenvalue weighted by atomic mass is 10.2. The zero-order chi connectivity index (χ0) is 19.7. The predicted octanol–water partition coefficient (Wildman–Crippen LogP) is 2.06. The maximum absolute atomic E-state index is 12.6. The van der Waals surface area contributed by atoms with E-state index in [0.717, 1.165) is 36.2 Å². The zero-order valence-corrected chi connectivity index (χ0v) is 17.1. The lowest BCUT2D eigenvalue weighted by molar-refractivity contribution is -0.910. The van der Waals surface area contributed by atoms with E-state index in [1.807, 2.05) is 18.2 Å². The highest BCUT2D eigenvalue weighted by Gasteiger charge is 2.34. The number of rotatable bonds is 5. The Morgan fingerprint density at radius 2 is 2.07 bits per heavy atom. The minimum Gasteiger partial charge on any atom is -0.321 e. The van der Waals surface area contributed by atoms with Crippen molar-refractivity contribution in [3.8, 4) is 0 Å². The molecule has 1 fully saturated rings. The number of benzene rings is 2. The van der Waals surface area contributed by atoms with Gasteiger partial charge < -0.3 is 10.2 Å². The Labute approximate surface area is 168 Å². The molecule has 1 saturated heterocycles. The fourth-order valence-corrected chi connectivity index (χ4v) is 5.50. The minimum absolute atomic E-state index is 0.117. The number of nitrogens with zero attached hydrogens (tertiary/aromatic N) is 1. The van der Waals surface area contributed by atoms with E-state index in [-0.39, 0.29) is 16.8 Å². The van der Waals surface area contributed by atoms with E-state index in [4.69, 9.17) is 4.98 Å². The first-order valence-corrected chi connectivity index (χ1v) is 11.9. The monoisotopic (exact) mass is 416 g/mol. The molecule has 6 nitrogen and oxygen atoms in total. The number of nitrogens with one attached hydrogen (secondary N) is 2. The highest BCUT2D eigenvalue weighted by molar-refractivity contribution is 7.90. The molecule has 3 aromatic rings. The van der Waals surface area contributed by atoms with E-state index in [9.17, 15) is 13.2 Å². The van der Waals surface area contributed by atoms with Gasteiger partial charge in [0.15, 0.2) is 21.4 Å². The molecule has 146 valence electrons. The quantitative estimate of drug-likeness (QED) is 0.667. The van der Waals surface area contributed by atoms with Gasteiger partial charge in [0.05, 0.1) is 21.7 Å². The number of amides is 1. The summed E-state index contributed by atoms with van der Waals surface area (Å²) in [5.74, 6) is -0.117. The first-order valence-electron chi connectivity index (χ1n) is 9.20. The fraction of sp³-hybridized carbons (Fsp3) is 0.300. The molecule has 0 saturated carbocycles. The summed E-state index contributed by atoms with van der Waals surface area (Å²) in [5.41, 5.74) is 1.51. The second-order valence-corrected chi connectivity index (χ2v) is 10.2. The third-order valence-corrected chi connectivity index (χ3v) is 7.29. The normalized spacial score (nSPS) is 19.8. The third kappa shape index (κ3) is 4.09. The number of anilines is 1. The largest absolute Gasteiger partial charge is 0.321 e. The average molecular weight is 417 g/mol. The van der Waals surface area contributed by atoms with Crippen LogP contribution in [0.4, 0.5) is 5.69 Å². The molecule has 2 atom stereocenters. The molecule has 1 aliphatic rings. The average Bonchev–Trinajstić information content (AvgIpc) is 3.27. The van der Waals surface area contributed by atoms with Crippen molar-refractivity contribution in [2.24, 2.45) is 0 Å². The lowest BCUT2D eigenvalue weighted by Crippen LogP contribution is -3.11. The van der Waals surface area contributed by atoms with Crippen molar-refractivity contribution in [3.05, 3.63) is 53.5 Å². The SMILES string of the molecule is CS(=O)(=O)c1cccc(NC(=O)C[NH+]2CCC[C@@H]2c2nc3ccccc3s2)c1. The van der Waals surface area contributed by atoms with E-state index in [0.29, 0.717) is 12.2 Å². The summed E-state index contributed by atoms with van der Waals surface area (Å²) in [7, 11) is -3.30. The number of aromatic nitrogens is 1. The maximum Gasteiger partial charge on any atom is 0.279 e. The van der Waals surface area contributed by atoms with Gasteiger partial charge in [-0.25, -0.2) is 13.4 Å². The summed E-state index contributed by atoms with van der Waals surface area (Å²) in [6, 6.07) is 14.7. The van der Waals surface area contributed by atoms with E-state index in [1.165, 1.54) is 21.7 Å². The van der Waals surface area contributed by atoms with Crippen LogP contribution < -0.4 is 10.2 Å². The van der Waals surface area contributed by atoms with Crippen molar-refractivity contribution in [1.82, 2.24) is 4.98 Å². The molecule has 0 spiro atoms. The molecule has 8 heteroatoms. The predicted molar refractivity (Wildman–Crippen MR) is 110 cm³/mol. The summed E-state index contributed by atoms with van der Waals surface area (Å²) in [5, 5.41) is 3.92. The Morgan fingerprint density at radius 1 is 1.25 bits per heavy atom. The molecule has 2 aromatic carbocycles. The molecular weight excluding hydrogens is 394 g/mol. The molecule has 28 heavy (non-hydrogen) atoms. The molecule has 0 radical (unpaired) electrons. The maximum atomic E-state index is 12.6. The van der Waals surface area contributed by atoms with E-state index in [2.05, 4.69) is 11.4 Å². The van der Waals surface area contributed by atoms with Gasteiger partial charge >= 0.3 is 0 Å². The molecule has 1 unspecified atom stereocenters. The number of para-hydroxylation sites is 1. The lowest BCUT2D eigenvalue weighted by Gasteiger charge is -2.19. The van der Waals surface area contributed by atoms with Crippen LogP contribution >= 0.6 is 11.3 Å². The highest BCUT2D eigenvalue weighted by atomic mass is 32.2. The molecule has 0 bridgehead atoms. The molecule has 4 rings (SSSR count). The summed E-state index contributed by atoms with van der Waals surface area (Å²) in [6.45, 7) is 1.26. The number of sulfone groups is 1. The zero-order valence-electron chi connectivity index (χ0n) is 15.5. The van der Waals surface area contributed by atoms with Crippen molar-refractivity contribution >= 4 is 43.0 Å². The molecule has 0 aliphatic carbocycles. The van der Waals surface area contributed by atoms with Crippen LogP contribution in [-0.4, -0.2) is 38.7 Å². The van der Waals surface area contributed by atoms with Crippen LogP contribution in [0.3, 0.4) is 0 Å². The summed E-state index contributed by atoms with van der Waals surface area (Å²) in [4.78, 5) is 18.8. The van der Waals surface area contributed by atoms with Crippen molar-refractivity contribution in [2.75, 3.05) is 24.7 Å². The third-order valence-electron chi connectivity index (χ3n) is 5.03. The molecule has 1 aromatic heterocycles. The Kier molecular flexibility index (Phi) is 5.18. The van der Waals surface area contributed by atoms with Crippen LogP contribution in [0.25, 0.3) is 10.2 Å². The van der Waals surface area contributed by atoms with Crippen molar-refractivity contribution < 1.29 is 18.1 Å². The van der Waals surface area contributed by atoms with Gasteiger partial charge in [0.2, 0.25) is 0 Å². The number of quaternary nitrogens is 1.